The van der Waals surface area contributed by atoms with Crippen LogP contribution in [-0.4, -0.2) is 47.9 Å². The van der Waals surface area contributed by atoms with Crippen LogP contribution in [0.25, 0.3) is 0 Å². The van der Waals surface area contributed by atoms with Crippen LogP contribution in [-0.2, 0) is 14.6 Å². The first kappa shape index (κ1) is 14.2. The Bertz CT molecular complexity index is 191. The molecule has 0 radical (unpaired) electrons. The third-order valence-electron chi connectivity index (χ3n) is 0.402. The van der Waals surface area contributed by atoms with Crippen LogP contribution in [0.2, 0.25) is 0 Å². The second kappa shape index (κ2) is 5.37. The van der Waals surface area contributed by atoms with Gasteiger partial charge in [0.1, 0.15) is 6.61 Å². The summed E-state index contributed by atoms with van der Waals surface area (Å²) in [4.78, 5) is 0. The highest BCUT2D eigenvalue weighted by molar-refractivity contribution is 7.80. The zero-order valence-corrected chi connectivity index (χ0v) is 7.02. The molecule has 76 valence electrons. The number of hydrogen-bond donors (Lipinski definition) is 5. The first-order valence-electron chi connectivity index (χ1n) is 2.57. The Morgan fingerprint density at radius 1 is 1.33 bits per heavy atom. The Morgan fingerprint density at radius 3 is 1.75 bits per heavy atom. The molecule has 0 saturated heterocycles. The van der Waals surface area contributed by atoms with Crippen LogP contribution >= 0.6 is 0 Å². The van der Waals surface area contributed by atoms with Gasteiger partial charge in [0.15, 0.2) is 0 Å². The zero-order valence-electron chi connectivity index (χ0n) is 6.21. The van der Waals surface area contributed by atoms with E-state index in [0.717, 1.165) is 0 Å². The lowest BCUT2D eigenvalue weighted by Gasteiger charge is -2.11. The molecule has 0 aromatic rings. The molecule has 0 unspecified atom stereocenters. The molecule has 0 spiro atoms. The van der Waals surface area contributed by atoms with Gasteiger partial charge in [-0.1, -0.05) is 0 Å². The molecule has 0 aromatic heterocycles. The molecular formula is C3H11NO7S. The van der Waals surface area contributed by atoms with Gasteiger partial charge in [-0.2, -0.15) is 8.42 Å². The van der Waals surface area contributed by atoms with Gasteiger partial charge in [0.05, 0.1) is 0 Å². The fourth-order valence-corrected chi connectivity index (χ4v) is 0.461. The summed E-state index contributed by atoms with van der Waals surface area (Å²) in [5.41, 5.74) is 4.50. The van der Waals surface area contributed by atoms with E-state index in [1.165, 1.54) is 7.05 Å². The quantitative estimate of drug-likeness (QED) is 0.242. The largest absolute Gasteiger partial charge is 0.397 e. The highest BCUT2D eigenvalue weighted by atomic mass is 32.3. The van der Waals surface area contributed by atoms with Crippen molar-refractivity contribution in [1.82, 2.24) is 0 Å². The Balaban J connectivity index is 0. The molecule has 0 saturated carbocycles. The number of nitrogens with two attached hydrogens (primary N) is 1. The third-order valence-corrected chi connectivity index (χ3v) is 0.817. The van der Waals surface area contributed by atoms with E-state index < -0.39 is 23.0 Å². The van der Waals surface area contributed by atoms with Crippen LogP contribution in [0.3, 0.4) is 0 Å². The van der Waals surface area contributed by atoms with E-state index in [9.17, 15) is 8.42 Å². The molecule has 0 amide bonds. The van der Waals surface area contributed by atoms with Crippen LogP contribution in [0, 0.1) is 0 Å². The van der Waals surface area contributed by atoms with Gasteiger partial charge in [0.2, 0.25) is 0 Å². The highest BCUT2D eigenvalue weighted by Gasteiger charge is 2.21. The topological polar surface area (TPSA) is 150 Å². The zero-order chi connectivity index (χ0) is 10.4. The summed E-state index contributed by atoms with van der Waals surface area (Å²) in [5.74, 6) is -3.25. The predicted octanol–water partition coefficient (Wildman–Crippen LogP) is -2.99. The summed E-state index contributed by atoms with van der Waals surface area (Å²) in [5, 5.41) is 24.0. The average molecular weight is 205 g/mol. The summed E-state index contributed by atoms with van der Waals surface area (Å²) in [6, 6.07) is 0. The fraction of sp³-hybridized carbons (Fsp3) is 1.00. The van der Waals surface area contributed by atoms with Crippen LogP contribution < -0.4 is 5.73 Å². The van der Waals surface area contributed by atoms with Crippen molar-refractivity contribution in [1.29, 1.82) is 0 Å². The molecule has 0 fully saturated rings. The Hall–Kier alpha value is -0.290. The smallest absolute Gasteiger partial charge is 0.342 e. The van der Waals surface area contributed by atoms with Crippen molar-refractivity contribution in [2.24, 2.45) is 5.73 Å². The van der Waals surface area contributed by atoms with Gasteiger partial charge in [-0.3, -0.25) is 4.55 Å². The molecule has 0 heterocycles. The van der Waals surface area contributed by atoms with E-state index in [4.69, 9.17) is 19.9 Å². The van der Waals surface area contributed by atoms with Crippen molar-refractivity contribution < 1.29 is 32.5 Å². The standard InChI is InChI=1S/C2H6O7S.CH5N/c3-2(4,5)1-9-10(6,7)8;1-2/h3-5H,1H2,(H,6,7,8);2H2,1H3. The minimum atomic E-state index is -4.74. The maximum Gasteiger partial charge on any atom is 0.397 e. The van der Waals surface area contributed by atoms with Crippen LogP contribution in [0.1, 0.15) is 0 Å². The SMILES string of the molecule is CN.O=S(=O)(O)OCC(O)(O)O. The average Bonchev–Trinajstić information content (AvgIpc) is 1.86. The van der Waals surface area contributed by atoms with Crippen LogP contribution in [0.5, 0.6) is 0 Å². The summed E-state index contributed by atoms with van der Waals surface area (Å²) in [6.45, 7) is -1.34. The second-order valence-electron chi connectivity index (χ2n) is 1.46. The minimum Gasteiger partial charge on any atom is -0.342 e. The van der Waals surface area contributed by atoms with Gasteiger partial charge in [0, 0.05) is 0 Å². The first-order valence-corrected chi connectivity index (χ1v) is 3.94. The lowest BCUT2D eigenvalue weighted by atomic mass is 10.6. The lowest BCUT2D eigenvalue weighted by Crippen LogP contribution is -2.34. The van der Waals surface area contributed by atoms with Crippen molar-refractivity contribution in [3.05, 3.63) is 0 Å². The minimum absolute atomic E-state index is 1.34. The maximum absolute atomic E-state index is 9.68. The van der Waals surface area contributed by atoms with Gasteiger partial charge >= 0.3 is 16.4 Å². The van der Waals surface area contributed by atoms with E-state index in [-0.39, 0.29) is 0 Å². The number of hydrogen-bond acceptors (Lipinski definition) is 7. The van der Waals surface area contributed by atoms with Crippen molar-refractivity contribution >= 4 is 10.4 Å². The van der Waals surface area contributed by atoms with Gasteiger partial charge in [0.25, 0.3) is 0 Å². The number of aliphatic hydroxyl groups is 3. The molecule has 8 nitrogen and oxygen atoms in total. The van der Waals surface area contributed by atoms with E-state index in [1.807, 2.05) is 0 Å². The van der Waals surface area contributed by atoms with Gasteiger partial charge in [-0.15, -0.1) is 0 Å². The molecule has 12 heavy (non-hydrogen) atoms. The first-order chi connectivity index (χ1) is 5.21. The van der Waals surface area contributed by atoms with Crippen molar-refractivity contribution in [2.45, 2.75) is 5.97 Å². The van der Waals surface area contributed by atoms with Gasteiger partial charge in [-0.05, 0) is 7.05 Å². The summed E-state index contributed by atoms with van der Waals surface area (Å²) in [6.07, 6.45) is 0. The Labute approximate surface area is 69.1 Å². The summed E-state index contributed by atoms with van der Waals surface area (Å²) < 4.78 is 30.5. The molecular weight excluding hydrogens is 194 g/mol. The Morgan fingerprint density at radius 2 is 1.67 bits per heavy atom. The molecule has 0 bridgehead atoms. The molecule has 0 atom stereocenters. The van der Waals surface area contributed by atoms with E-state index in [2.05, 4.69) is 9.92 Å². The van der Waals surface area contributed by atoms with Gasteiger partial charge < -0.3 is 21.1 Å². The molecule has 6 N–H and O–H groups in total. The Kier molecular flexibility index (Phi) is 6.38. The third kappa shape index (κ3) is 16.4. The monoisotopic (exact) mass is 205 g/mol. The summed E-state index contributed by atoms with van der Waals surface area (Å²) in [7, 11) is -3.24. The molecule has 9 heteroatoms. The van der Waals surface area contributed by atoms with Crippen LogP contribution in [0.15, 0.2) is 0 Å². The molecule has 0 aromatic carbocycles. The van der Waals surface area contributed by atoms with Gasteiger partial charge in [-0.25, -0.2) is 4.18 Å². The van der Waals surface area contributed by atoms with E-state index >= 15 is 0 Å². The van der Waals surface area contributed by atoms with Crippen molar-refractivity contribution in [3.8, 4) is 0 Å². The molecule has 0 rings (SSSR count). The van der Waals surface area contributed by atoms with E-state index in [0.29, 0.717) is 0 Å². The van der Waals surface area contributed by atoms with Crippen LogP contribution in [0.4, 0.5) is 0 Å². The predicted molar refractivity (Wildman–Crippen MR) is 37.0 cm³/mol. The van der Waals surface area contributed by atoms with Crippen molar-refractivity contribution in [2.75, 3.05) is 13.7 Å². The lowest BCUT2D eigenvalue weighted by molar-refractivity contribution is -0.322. The van der Waals surface area contributed by atoms with Crippen molar-refractivity contribution in [3.63, 3.8) is 0 Å². The summed E-state index contributed by atoms with van der Waals surface area (Å²) >= 11 is 0. The maximum atomic E-state index is 9.68. The molecule has 0 aliphatic carbocycles. The number of rotatable bonds is 3. The second-order valence-corrected chi connectivity index (χ2v) is 2.56. The normalized spacial score (nSPS) is 11.8. The molecule has 0 aliphatic heterocycles. The fourth-order valence-electron chi connectivity index (χ4n) is 0.154. The molecule has 0 aliphatic rings. The highest BCUT2D eigenvalue weighted by Crippen LogP contribution is 1.95. The van der Waals surface area contributed by atoms with E-state index in [1.54, 1.807) is 0 Å².